The summed E-state index contributed by atoms with van der Waals surface area (Å²) in [5, 5.41) is 19.8. The van der Waals surface area contributed by atoms with Crippen LogP contribution in [0.3, 0.4) is 0 Å². The Labute approximate surface area is 93.3 Å². The van der Waals surface area contributed by atoms with Crippen molar-refractivity contribution in [1.82, 2.24) is 0 Å². The molecule has 5 nitrogen and oxygen atoms in total. The molecule has 0 saturated heterocycles. The molecule has 0 spiro atoms. The molecule has 0 fully saturated rings. The molecule has 0 amide bonds. The standard InChI is InChI=1S/C9H6BrNO4/c10-7-4-6(11(13)14)3-5-1-2-8(12)15-9(5)7/h1-4,8,12H/t8-/m0/s1. The highest BCUT2D eigenvalue weighted by Gasteiger charge is 2.19. The quantitative estimate of drug-likeness (QED) is 0.627. The summed E-state index contributed by atoms with van der Waals surface area (Å²) in [4.78, 5) is 10.1. The Morgan fingerprint density at radius 3 is 2.93 bits per heavy atom. The maximum atomic E-state index is 10.6. The summed E-state index contributed by atoms with van der Waals surface area (Å²) in [5.74, 6) is 0.413. The van der Waals surface area contributed by atoms with Crippen LogP contribution in [-0.4, -0.2) is 16.3 Å². The van der Waals surface area contributed by atoms with Crippen molar-refractivity contribution in [2.24, 2.45) is 0 Å². The maximum Gasteiger partial charge on any atom is 0.271 e. The van der Waals surface area contributed by atoms with E-state index in [4.69, 9.17) is 4.74 Å². The minimum atomic E-state index is -1.00. The molecule has 1 atom stereocenters. The summed E-state index contributed by atoms with van der Waals surface area (Å²) in [6, 6.07) is 2.73. The topological polar surface area (TPSA) is 72.6 Å². The van der Waals surface area contributed by atoms with Gasteiger partial charge in [0.25, 0.3) is 5.69 Å². The summed E-state index contributed by atoms with van der Waals surface area (Å²) in [7, 11) is 0. The van der Waals surface area contributed by atoms with E-state index in [1.54, 1.807) is 6.08 Å². The van der Waals surface area contributed by atoms with E-state index in [1.807, 2.05) is 0 Å². The molecule has 2 rings (SSSR count). The van der Waals surface area contributed by atoms with Crippen LogP contribution < -0.4 is 4.74 Å². The molecule has 1 aromatic rings. The second-order valence-electron chi connectivity index (χ2n) is 2.97. The minimum absolute atomic E-state index is 0.0229. The Kier molecular flexibility index (Phi) is 2.45. The molecular weight excluding hydrogens is 266 g/mol. The smallest absolute Gasteiger partial charge is 0.271 e. The van der Waals surface area contributed by atoms with Crippen LogP contribution in [0.5, 0.6) is 5.75 Å². The molecule has 0 unspecified atom stereocenters. The van der Waals surface area contributed by atoms with Crippen LogP contribution in [0.4, 0.5) is 5.69 Å². The molecule has 78 valence electrons. The number of nitro benzene ring substituents is 1. The Hall–Kier alpha value is -1.40. The van der Waals surface area contributed by atoms with Gasteiger partial charge in [-0.25, -0.2) is 0 Å². The van der Waals surface area contributed by atoms with Crippen molar-refractivity contribution in [3.05, 3.63) is 38.4 Å². The Morgan fingerprint density at radius 2 is 2.27 bits per heavy atom. The summed E-state index contributed by atoms with van der Waals surface area (Å²) >= 11 is 3.15. The van der Waals surface area contributed by atoms with Gasteiger partial charge in [-0.3, -0.25) is 10.1 Å². The number of aliphatic hydroxyl groups is 1. The fourth-order valence-electron chi connectivity index (χ4n) is 1.30. The first-order valence-electron chi connectivity index (χ1n) is 4.09. The lowest BCUT2D eigenvalue weighted by molar-refractivity contribution is -0.385. The largest absolute Gasteiger partial charge is 0.460 e. The molecule has 1 aromatic carbocycles. The molecule has 1 heterocycles. The fraction of sp³-hybridized carbons (Fsp3) is 0.111. The van der Waals surface area contributed by atoms with Gasteiger partial charge in [0.2, 0.25) is 6.29 Å². The molecule has 1 aliphatic heterocycles. The molecule has 15 heavy (non-hydrogen) atoms. The van der Waals surface area contributed by atoms with Crippen molar-refractivity contribution in [2.45, 2.75) is 6.29 Å². The Bertz CT molecular complexity index is 458. The minimum Gasteiger partial charge on any atom is -0.460 e. The van der Waals surface area contributed by atoms with Crippen LogP contribution in [0.1, 0.15) is 5.56 Å². The van der Waals surface area contributed by atoms with E-state index < -0.39 is 11.2 Å². The monoisotopic (exact) mass is 271 g/mol. The van der Waals surface area contributed by atoms with Crippen molar-refractivity contribution in [2.75, 3.05) is 0 Å². The highest BCUT2D eigenvalue weighted by molar-refractivity contribution is 9.10. The lowest BCUT2D eigenvalue weighted by Gasteiger charge is -2.17. The number of nitro groups is 1. The highest BCUT2D eigenvalue weighted by Crippen LogP contribution is 2.36. The number of benzene rings is 1. The molecular formula is C9H6BrNO4. The van der Waals surface area contributed by atoms with E-state index in [2.05, 4.69) is 15.9 Å². The van der Waals surface area contributed by atoms with E-state index in [1.165, 1.54) is 18.2 Å². The fourth-order valence-corrected chi connectivity index (χ4v) is 1.86. The lowest BCUT2D eigenvalue weighted by Crippen LogP contribution is -2.15. The van der Waals surface area contributed by atoms with E-state index in [-0.39, 0.29) is 5.69 Å². The van der Waals surface area contributed by atoms with Crippen molar-refractivity contribution < 1.29 is 14.8 Å². The van der Waals surface area contributed by atoms with E-state index in [0.717, 1.165) is 0 Å². The van der Waals surface area contributed by atoms with Gasteiger partial charge in [0, 0.05) is 17.7 Å². The zero-order chi connectivity index (χ0) is 11.0. The Balaban J connectivity index is 2.55. The number of ether oxygens (including phenoxy) is 1. The first-order chi connectivity index (χ1) is 7.08. The van der Waals surface area contributed by atoms with Gasteiger partial charge in [0.1, 0.15) is 5.75 Å². The van der Waals surface area contributed by atoms with Gasteiger partial charge in [-0.05, 0) is 28.1 Å². The zero-order valence-corrected chi connectivity index (χ0v) is 8.97. The number of non-ortho nitro benzene ring substituents is 1. The van der Waals surface area contributed by atoms with Crippen LogP contribution in [0.2, 0.25) is 0 Å². The predicted octanol–water partition coefficient (Wildman–Crippen LogP) is 2.08. The molecule has 1 aliphatic rings. The number of rotatable bonds is 1. The summed E-state index contributed by atoms with van der Waals surface area (Å²) < 4.78 is 5.55. The third-order valence-corrected chi connectivity index (χ3v) is 2.54. The van der Waals surface area contributed by atoms with Crippen LogP contribution in [0.15, 0.2) is 22.7 Å². The van der Waals surface area contributed by atoms with E-state index in [0.29, 0.717) is 15.8 Å². The molecule has 6 heteroatoms. The summed E-state index contributed by atoms with van der Waals surface area (Å²) in [6.07, 6.45) is 2.00. The molecule has 0 radical (unpaired) electrons. The lowest BCUT2D eigenvalue weighted by atomic mass is 10.1. The molecule has 1 N–H and O–H groups in total. The third-order valence-electron chi connectivity index (χ3n) is 1.95. The summed E-state index contributed by atoms with van der Waals surface area (Å²) in [6.45, 7) is 0. The summed E-state index contributed by atoms with van der Waals surface area (Å²) in [5.41, 5.74) is 0.548. The number of hydrogen-bond donors (Lipinski definition) is 1. The highest BCUT2D eigenvalue weighted by atomic mass is 79.9. The first-order valence-corrected chi connectivity index (χ1v) is 4.88. The van der Waals surface area contributed by atoms with Crippen molar-refractivity contribution in [3.63, 3.8) is 0 Å². The SMILES string of the molecule is O=[N+]([O-])c1cc(Br)c2c(c1)C=C[C@@H](O)O2. The van der Waals surface area contributed by atoms with E-state index in [9.17, 15) is 15.2 Å². The zero-order valence-electron chi connectivity index (χ0n) is 7.38. The van der Waals surface area contributed by atoms with Gasteiger partial charge >= 0.3 is 0 Å². The van der Waals surface area contributed by atoms with Crippen LogP contribution in [0.25, 0.3) is 6.08 Å². The van der Waals surface area contributed by atoms with Gasteiger partial charge < -0.3 is 9.84 Å². The van der Waals surface area contributed by atoms with Gasteiger partial charge in [0.05, 0.1) is 9.40 Å². The maximum absolute atomic E-state index is 10.6. The van der Waals surface area contributed by atoms with Gasteiger partial charge in [-0.15, -0.1) is 0 Å². The van der Waals surface area contributed by atoms with Crippen molar-refractivity contribution in [3.8, 4) is 5.75 Å². The van der Waals surface area contributed by atoms with Gasteiger partial charge in [-0.1, -0.05) is 0 Å². The predicted molar refractivity (Wildman–Crippen MR) is 56.5 cm³/mol. The average molecular weight is 272 g/mol. The van der Waals surface area contributed by atoms with Gasteiger partial charge in [-0.2, -0.15) is 0 Å². The van der Waals surface area contributed by atoms with Crippen molar-refractivity contribution >= 4 is 27.7 Å². The third kappa shape index (κ3) is 1.86. The normalized spacial score (nSPS) is 18.1. The number of halogens is 1. The average Bonchev–Trinajstić information content (AvgIpc) is 2.18. The molecule has 0 aliphatic carbocycles. The number of hydrogen-bond acceptors (Lipinski definition) is 4. The van der Waals surface area contributed by atoms with Crippen molar-refractivity contribution in [1.29, 1.82) is 0 Å². The second-order valence-corrected chi connectivity index (χ2v) is 3.82. The van der Waals surface area contributed by atoms with Crippen LogP contribution in [0, 0.1) is 10.1 Å². The van der Waals surface area contributed by atoms with Crippen LogP contribution >= 0.6 is 15.9 Å². The molecule has 0 saturated carbocycles. The second kappa shape index (κ2) is 3.63. The van der Waals surface area contributed by atoms with Crippen LogP contribution in [-0.2, 0) is 0 Å². The Morgan fingerprint density at radius 1 is 1.53 bits per heavy atom. The molecule has 0 bridgehead atoms. The number of nitrogens with zero attached hydrogens (tertiary/aromatic N) is 1. The number of aliphatic hydroxyl groups excluding tert-OH is 1. The molecule has 0 aromatic heterocycles. The first kappa shape index (κ1) is 10.1. The van der Waals surface area contributed by atoms with E-state index >= 15 is 0 Å². The van der Waals surface area contributed by atoms with Gasteiger partial charge in [0.15, 0.2) is 0 Å². The number of fused-ring (bicyclic) bond motifs is 1.